The van der Waals surface area contributed by atoms with E-state index in [1.54, 1.807) is 7.05 Å². The number of hydrogen-bond donors (Lipinski definition) is 1. The van der Waals surface area contributed by atoms with Crippen LogP contribution in [0.15, 0.2) is 30.3 Å². The number of halogens is 1. The molecule has 2 aromatic rings. The molecule has 17 heavy (non-hydrogen) atoms. The lowest BCUT2D eigenvalue weighted by atomic mass is 10.3. The summed E-state index contributed by atoms with van der Waals surface area (Å²) >= 11 is 6.05. The lowest BCUT2D eigenvalue weighted by Crippen LogP contribution is -2.00. The van der Waals surface area contributed by atoms with E-state index in [2.05, 4.69) is 15.3 Å². The molecular formula is C12H12ClN3O. The fourth-order valence-electron chi connectivity index (χ4n) is 1.36. The van der Waals surface area contributed by atoms with E-state index in [0.29, 0.717) is 28.3 Å². The Balaban J connectivity index is 2.33. The average Bonchev–Trinajstić information content (AvgIpc) is 2.35. The Hall–Kier alpha value is -1.81. The molecule has 88 valence electrons. The first-order chi connectivity index (χ1) is 8.20. The number of anilines is 1. The number of ether oxygens (including phenoxy) is 1. The third-order valence-corrected chi connectivity index (χ3v) is 2.44. The van der Waals surface area contributed by atoms with Gasteiger partial charge in [0.2, 0.25) is 5.95 Å². The lowest BCUT2D eigenvalue weighted by molar-refractivity contribution is 0.473. The average molecular weight is 250 g/mol. The number of hydrogen-bond acceptors (Lipinski definition) is 4. The van der Waals surface area contributed by atoms with Gasteiger partial charge in [-0.15, -0.1) is 0 Å². The van der Waals surface area contributed by atoms with Gasteiger partial charge in [-0.25, -0.2) is 4.98 Å². The van der Waals surface area contributed by atoms with Crippen LogP contribution in [0.5, 0.6) is 11.5 Å². The number of aromatic nitrogens is 2. The van der Waals surface area contributed by atoms with Gasteiger partial charge in [0.05, 0.1) is 5.69 Å². The van der Waals surface area contributed by atoms with Crippen LogP contribution >= 0.6 is 11.6 Å². The quantitative estimate of drug-likeness (QED) is 0.848. The highest BCUT2D eigenvalue weighted by atomic mass is 35.5. The largest absolute Gasteiger partial charge is 0.452 e. The van der Waals surface area contributed by atoms with Crippen molar-refractivity contribution in [2.45, 2.75) is 6.92 Å². The highest BCUT2D eigenvalue weighted by molar-refractivity contribution is 6.31. The number of benzene rings is 1. The van der Waals surface area contributed by atoms with E-state index in [-0.39, 0.29) is 0 Å². The van der Waals surface area contributed by atoms with Crippen LogP contribution in [-0.2, 0) is 0 Å². The summed E-state index contributed by atoms with van der Waals surface area (Å²) in [6.45, 7) is 1.83. The van der Waals surface area contributed by atoms with E-state index in [9.17, 15) is 0 Å². The molecule has 0 saturated carbocycles. The second-order valence-electron chi connectivity index (χ2n) is 3.42. The van der Waals surface area contributed by atoms with Crippen molar-refractivity contribution in [1.82, 2.24) is 9.97 Å². The minimum atomic E-state index is 0.297. The highest BCUT2D eigenvalue weighted by Crippen LogP contribution is 2.30. The second kappa shape index (κ2) is 5.01. The lowest BCUT2D eigenvalue weighted by Gasteiger charge is -2.10. The summed E-state index contributed by atoms with van der Waals surface area (Å²) in [5.41, 5.74) is 0.693. The maximum atomic E-state index is 6.05. The van der Waals surface area contributed by atoms with Gasteiger partial charge in [0.1, 0.15) is 5.75 Å². The summed E-state index contributed by atoms with van der Waals surface area (Å²) < 4.78 is 5.65. The molecule has 0 aliphatic carbocycles. The number of aryl methyl sites for hydroxylation is 1. The molecule has 0 amide bonds. The van der Waals surface area contributed by atoms with E-state index in [4.69, 9.17) is 16.3 Å². The minimum absolute atomic E-state index is 0.297. The summed E-state index contributed by atoms with van der Waals surface area (Å²) in [4.78, 5) is 8.28. The molecule has 0 atom stereocenters. The number of rotatable bonds is 3. The molecule has 1 aromatic heterocycles. The van der Waals surface area contributed by atoms with Gasteiger partial charge in [0.15, 0.2) is 10.9 Å². The van der Waals surface area contributed by atoms with Crippen LogP contribution < -0.4 is 10.1 Å². The predicted octanol–water partition coefficient (Wildman–Crippen LogP) is 3.27. The Morgan fingerprint density at radius 1 is 1.18 bits per heavy atom. The first kappa shape index (κ1) is 11.7. The zero-order chi connectivity index (χ0) is 12.3. The SMILES string of the molecule is CNc1nc(C)c(Oc2ccccc2)c(Cl)n1. The van der Waals surface area contributed by atoms with Crippen LogP contribution in [0, 0.1) is 6.92 Å². The Morgan fingerprint density at radius 2 is 1.88 bits per heavy atom. The van der Waals surface area contributed by atoms with Crippen molar-refractivity contribution < 1.29 is 4.74 Å². The highest BCUT2D eigenvalue weighted by Gasteiger charge is 2.11. The molecule has 5 heteroatoms. The topological polar surface area (TPSA) is 47.0 Å². The molecule has 1 aromatic carbocycles. The smallest absolute Gasteiger partial charge is 0.224 e. The zero-order valence-electron chi connectivity index (χ0n) is 9.57. The summed E-state index contributed by atoms with van der Waals surface area (Å²) in [5.74, 6) is 1.67. The van der Waals surface area contributed by atoms with E-state index in [1.807, 2.05) is 37.3 Å². The first-order valence-corrected chi connectivity index (χ1v) is 5.53. The van der Waals surface area contributed by atoms with Crippen LogP contribution in [0.3, 0.4) is 0 Å². The van der Waals surface area contributed by atoms with E-state index in [0.717, 1.165) is 0 Å². The van der Waals surface area contributed by atoms with Crippen LogP contribution in [0.25, 0.3) is 0 Å². The Labute approximate surface area is 105 Å². The summed E-state index contributed by atoms with van der Waals surface area (Å²) in [6.07, 6.45) is 0. The molecule has 0 saturated heterocycles. The molecule has 1 N–H and O–H groups in total. The fourth-order valence-corrected chi connectivity index (χ4v) is 1.62. The minimum Gasteiger partial charge on any atom is -0.452 e. The van der Waals surface area contributed by atoms with Crippen LogP contribution in [0.4, 0.5) is 5.95 Å². The molecule has 1 heterocycles. The monoisotopic (exact) mass is 249 g/mol. The zero-order valence-corrected chi connectivity index (χ0v) is 10.3. The van der Waals surface area contributed by atoms with Crippen molar-refractivity contribution in [2.24, 2.45) is 0 Å². The van der Waals surface area contributed by atoms with Gasteiger partial charge in [0.25, 0.3) is 0 Å². The van der Waals surface area contributed by atoms with Gasteiger partial charge >= 0.3 is 0 Å². The normalized spacial score (nSPS) is 10.1. The van der Waals surface area contributed by atoms with Crippen LogP contribution in [-0.4, -0.2) is 17.0 Å². The molecule has 4 nitrogen and oxygen atoms in total. The van der Waals surface area contributed by atoms with Crippen molar-refractivity contribution >= 4 is 17.5 Å². The second-order valence-corrected chi connectivity index (χ2v) is 3.78. The van der Waals surface area contributed by atoms with Gasteiger partial charge in [-0.1, -0.05) is 29.8 Å². The van der Waals surface area contributed by atoms with Crippen molar-refractivity contribution in [3.63, 3.8) is 0 Å². The van der Waals surface area contributed by atoms with Gasteiger partial charge in [-0.05, 0) is 19.1 Å². The maximum absolute atomic E-state index is 6.05. The maximum Gasteiger partial charge on any atom is 0.224 e. The molecule has 0 aliphatic heterocycles. The van der Waals surface area contributed by atoms with E-state index < -0.39 is 0 Å². The molecule has 2 rings (SSSR count). The van der Waals surface area contributed by atoms with Gasteiger partial charge in [-0.2, -0.15) is 4.98 Å². The van der Waals surface area contributed by atoms with E-state index >= 15 is 0 Å². The number of nitrogens with zero attached hydrogens (tertiary/aromatic N) is 2. The molecular weight excluding hydrogens is 238 g/mol. The number of para-hydroxylation sites is 1. The fraction of sp³-hybridized carbons (Fsp3) is 0.167. The van der Waals surface area contributed by atoms with Gasteiger partial charge in [-0.3, -0.25) is 0 Å². The number of nitrogens with one attached hydrogen (secondary N) is 1. The van der Waals surface area contributed by atoms with Crippen LogP contribution in [0.1, 0.15) is 5.69 Å². The molecule has 0 radical (unpaired) electrons. The van der Waals surface area contributed by atoms with Crippen molar-refractivity contribution in [2.75, 3.05) is 12.4 Å². The van der Waals surface area contributed by atoms with Crippen molar-refractivity contribution in [1.29, 1.82) is 0 Å². The summed E-state index contributed by atoms with van der Waals surface area (Å²) in [5, 5.41) is 3.13. The molecule has 0 fully saturated rings. The molecule has 0 spiro atoms. The molecule has 0 aliphatic rings. The van der Waals surface area contributed by atoms with Crippen molar-refractivity contribution in [3.05, 3.63) is 41.2 Å². The molecule has 0 unspecified atom stereocenters. The standard InChI is InChI=1S/C12H12ClN3O/c1-8-10(11(13)16-12(14-2)15-8)17-9-6-4-3-5-7-9/h3-7H,1-2H3,(H,14,15,16). The van der Waals surface area contributed by atoms with Gasteiger partial charge in [0, 0.05) is 7.05 Å². The third-order valence-electron chi connectivity index (χ3n) is 2.18. The molecule has 0 bridgehead atoms. The Kier molecular flexibility index (Phi) is 3.44. The third kappa shape index (κ3) is 2.65. The summed E-state index contributed by atoms with van der Waals surface area (Å²) in [6, 6.07) is 9.40. The predicted molar refractivity (Wildman–Crippen MR) is 67.8 cm³/mol. The van der Waals surface area contributed by atoms with Gasteiger partial charge < -0.3 is 10.1 Å². The summed E-state index contributed by atoms with van der Waals surface area (Å²) in [7, 11) is 1.74. The van der Waals surface area contributed by atoms with E-state index in [1.165, 1.54) is 0 Å². The Bertz CT molecular complexity index is 493. The van der Waals surface area contributed by atoms with Crippen molar-refractivity contribution in [3.8, 4) is 11.5 Å². The Morgan fingerprint density at radius 3 is 2.47 bits per heavy atom. The first-order valence-electron chi connectivity index (χ1n) is 5.15. The van der Waals surface area contributed by atoms with Crippen LogP contribution in [0.2, 0.25) is 5.15 Å².